The molecule has 1 saturated heterocycles. The van der Waals surface area contributed by atoms with Gasteiger partial charge in [0.15, 0.2) is 0 Å². The van der Waals surface area contributed by atoms with E-state index in [1.54, 1.807) is 42.5 Å². The van der Waals surface area contributed by atoms with Crippen LogP contribution in [0.15, 0.2) is 76.8 Å². The van der Waals surface area contributed by atoms with Crippen LogP contribution in [0.5, 0.6) is 17.2 Å². The molecule has 36 heavy (non-hydrogen) atoms. The second-order valence-corrected chi connectivity index (χ2v) is 8.61. The van der Waals surface area contributed by atoms with Gasteiger partial charge in [-0.15, -0.1) is 0 Å². The molecule has 0 spiro atoms. The van der Waals surface area contributed by atoms with Crippen LogP contribution in [-0.4, -0.2) is 31.6 Å². The van der Waals surface area contributed by atoms with E-state index in [0.717, 1.165) is 14.9 Å². The lowest BCUT2D eigenvalue weighted by molar-refractivity contribution is -0.122. The van der Waals surface area contributed by atoms with Crippen molar-refractivity contribution < 1.29 is 28.6 Å². The molecule has 1 fully saturated rings. The van der Waals surface area contributed by atoms with Gasteiger partial charge in [0.25, 0.3) is 11.8 Å². The third-order valence-corrected chi connectivity index (χ3v) is 5.87. The van der Waals surface area contributed by atoms with Crippen molar-refractivity contribution in [3.63, 3.8) is 0 Å². The van der Waals surface area contributed by atoms with Crippen LogP contribution in [0.4, 0.5) is 10.5 Å². The number of carbonyl (C=O) groups is 3. The Morgan fingerprint density at radius 2 is 1.58 bits per heavy atom. The highest BCUT2D eigenvalue weighted by Crippen LogP contribution is 2.27. The van der Waals surface area contributed by atoms with E-state index in [1.165, 1.54) is 13.2 Å². The molecule has 0 atom stereocenters. The molecular weight excluding hydrogens is 528 g/mol. The fourth-order valence-electron chi connectivity index (χ4n) is 3.58. The van der Waals surface area contributed by atoms with Gasteiger partial charge >= 0.3 is 6.03 Å². The molecule has 1 aliphatic heterocycles. The molecule has 8 nitrogen and oxygen atoms in total. The van der Waals surface area contributed by atoms with Crippen LogP contribution in [0, 0.1) is 0 Å². The summed E-state index contributed by atoms with van der Waals surface area (Å²) in [4.78, 5) is 39.0. The zero-order valence-corrected chi connectivity index (χ0v) is 21.2. The summed E-state index contributed by atoms with van der Waals surface area (Å²) < 4.78 is 17.7. The first kappa shape index (κ1) is 25.0. The van der Waals surface area contributed by atoms with Crippen molar-refractivity contribution in [2.45, 2.75) is 13.5 Å². The molecule has 4 rings (SSSR count). The Bertz CT molecular complexity index is 1320. The smallest absolute Gasteiger partial charge is 0.335 e. The number of hydrogen-bond acceptors (Lipinski definition) is 6. The first-order valence-electron chi connectivity index (χ1n) is 11.1. The molecule has 0 bridgehead atoms. The van der Waals surface area contributed by atoms with Crippen LogP contribution >= 0.6 is 15.9 Å². The molecular formula is C27H23BrN2O6. The molecule has 0 unspecified atom stereocenters. The number of rotatable bonds is 8. The number of amides is 4. The number of carbonyl (C=O) groups excluding carboxylic acids is 3. The van der Waals surface area contributed by atoms with Gasteiger partial charge in [-0.3, -0.25) is 14.9 Å². The molecule has 1 aliphatic rings. The maximum Gasteiger partial charge on any atom is 0.335 e. The number of halogens is 1. The number of anilines is 1. The molecule has 1 heterocycles. The third-order valence-electron chi connectivity index (χ3n) is 5.34. The summed E-state index contributed by atoms with van der Waals surface area (Å²) in [5, 5.41) is 2.22. The minimum Gasteiger partial charge on any atom is -0.496 e. The van der Waals surface area contributed by atoms with Crippen LogP contribution in [0.25, 0.3) is 6.08 Å². The van der Waals surface area contributed by atoms with Gasteiger partial charge in [-0.05, 0) is 73.2 Å². The molecule has 3 aromatic rings. The van der Waals surface area contributed by atoms with Gasteiger partial charge in [-0.25, -0.2) is 9.69 Å². The number of hydrogen-bond donors (Lipinski definition) is 1. The van der Waals surface area contributed by atoms with E-state index in [2.05, 4.69) is 21.2 Å². The molecule has 4 amide bonds. The van der Waals surface area contributed by atoms with Gasteiger partial charge in [0.05, 0.1) is 19.4 Å². The number of imide groups is 2. The Morgan fingerprint density at radius 3 is 2.25 bits per heavy atom. The lowest BCUT2D eigenvalue weighted by Crippen LogP contribution is -2.54. The maximum absolute atomic E-state index is 13.2. The number of benzene rings is 3. The maximum atomic E-state index is 13.2. The first-order chi connectivity index (χ1) is 17.4. The average molecular weight is 551 g/mol. The van der Waals surface area contributed by atoms with Gasteiger partial charge in [0, 0.05) is 10.0 Å². The van der Waals surface area contributed by atoms with Crippen molar-refractivity contribution in [1.29, 1.82) is 0 Å². The van der Waals surface area contributed by atoms with E-state index in [1.807, 2.05) is 31.2 Å². The van der Waals surface area contributed by atoms with Gasteiger partial charge in [0.1, 0.15) is 29.4 Å². The minimum atomic E-state index is -0.815. The largest absolute Gasteiger partial charge is 0.496 e. The minimum absolute atomic E-state index is 0.176. The summed E-state index contributed by atoms with van der Waals surface area (Å²) in [7, 11) is 1.53. The molecule has 1 N–H and O–H groups in total. The van der Waals surface area contributed by atoms with Crippen molar-refractivity contribution in [3.8, 4) is 17.2 Å². The summed E-state index contributed by atoms with van der Waals surface area (Å²) in [6, 6.07) is 18.4. The van der Waals surface area contributed by atoms with Crippen molar-refractivity contribution >= 4 is 45.5 Å². The van der Waals surface area contributed by atoms with E-state index in [9.17, 15) is 14.4 Å². The monoisotopic (exact) mass is 550 g/mol. The van der Waals surface area contributed by atoms with Crippen LogP contribution in [0.1, 0.15) is 18.1 Å². The number of urea groups is 1. The summed E-state index contributed by atoms with van der Waals surface area (Å²) in [6.07, 6.45) is 1.42. The Kier molecular flexibility index (Phi) is 7.70. The van der Waals surface area contributed by atoms with Gasteiger partial charge in [0.2, 0.25) is 0 Å². The SMILES string of the molecule is CCOc1ccc(N2C(=O)NC(=O)/C(=C\c3ccc(COc4ccc(Br)cc4)c(OC)c3)C2=O)cc1. The van der Waals surface area contributed by atoms with E-state index >= 15 is 0 Å². The summed E-state index contributed by atoms with van der Waals surface area (Å²) in [5.41, 5.74) is 1.48. The van der Waals surface area contributed by atoms with Crippen LogP contribution < -0.4 is 24.4 Å². The Hall–Kier alpha value is -4.11. The summed E-state index contributed by atoms with van der Waals surface area (Å²) >= 11 is 3.39. The molecule has 0 aliphatic carbocycles. The van der Waals surface area contributed by atoms with Crippen molar-refractivity contribution in [1.82, 2.24) is 5.32 Å². The Balaban J connectivity index is 1.56. The van der Waals surface area contributed by atoms with E-state index in [4.69, 9.17) is 14.2 Å². The zero-order chi connectivity index (χ0) is 25.7. The fourth-order valence-corrected chi connectivity index (χ4v) is 3.84. The lowest BCUT2D eigenvalue weighted by Gasteiger charge is -2.26. The number of nitrogens with zero attached hydrogens (tertiary/aromatic N) is 1. The van der Waals surface area contributed by atoms with Gasteiger partial charge in [-0.1, -0.05) is 28.1 Å². The van der Waals surface area contributed by atoms with E-state index < -0.39 is 17.8 Å². The molecule has 0 saturated carbocycles. The number of barbiturate groups is 1. The summed E-state index contributed by atoms with van der Waals surface area (Å²) in [5.74, 6) is 0.345. The quantitative estimate of drug-likeness (QED) is 0.309. The van der Waals surface area contributed by atoms with Crippen LogP contribution in [-0.2, 0) is 16.2 Å². The molecule has 9 heteroatoms. The van der Waals surface area contributed by atoms with Crippen molar-refractivity contribution in [2.24, 2.45) is 0 Å². The van der Waals surface area contributed by atoms with Gasteiger partial charge < -0.3 is 14.2 Å². The average Bonchev–Trinajstić information content (AvgIpc) is 2.87. The van der Waals surface area contributed by atoms with Crippen molar-refractivity contribution in [2.75, 3.05) is 18.6 Å². The lowest BCUT2D eigenvalue weighted by atomic mass is 10.0. The fraction of sp³-hybridized carbons (Fsp3) is 0.148. The van der Waals surface area contributed by atoms with Crippen molar-refractivity contribution in [3.05, 3.63) is 87.9 Å². The zero-order valence-electron chi connectivity index (χ0n) is 19.6. The van der Waals surface area contributed by atoms with Crippen LogP contribution in [0.2, 0.25) is 0 Å². The molecule has 3 aromatic carbocycles. The standard InChI is InChI=1S/C27H23BrN2O6/c1-3-35-21-12-8-20(9-13-21)30-26(32)23(25(31)29-27(30)33)14-17-4-5-18(24(15-17)34-2)16-36-22-10-6-19(28)7-11-22/h4-15H,3,16H2,1-2H3,(H,29,31,33)/b23-14+. The first-order valence-corrected chi connectivity index (χ1v) is 11.9. The highest BCUT2D eigenvalue weighted by Gasteiger charge is 2.36. The number of nitrogens with one attached hydrogen (secondary N) is 1. The molecule has 0 radical (unpaired) electrons. The van der Waals surface area contributed by atoms with E-state index in [-0.39, 0.29) is 12.2 Å². The highest BCUT2D eigenvalue weighted by atomic mass is 79.9. The summed E-state index contributed by atoms with van der Waals surface area (Å²) in [6.45, 7) is 2.61. The second-order valence-electron chi connectivity index (χ2n) is 7.70. The second kappa shape index (κ2) is 11.1. The predicted octanol–water partition coefficient (Wildman–Crippen LogP) is 5.10. The molecule has 0 aromatic heterocycles. The van der Waals surface area contributed by atoms with E-state index in [0.29, 0.717) is 35.1 Å². The Labute approximate surface area is 216 Å². The third kappa shape index (κ3) is 5.58. The topological polar surface area (TPSA) is 94.2 Å². The normalized spacial score (nSPS) is 14.6. The highest BCUT2D eigenvalue weighted by molar-refractivity contribution is 9.10. The molecule has 184 valence electrons. The van der Waals surface area contributed by atoms with Gasteiger partial charge in [-0.2, -0.15) is 0 Å². The number of ether oxygens (including phenoxy) is 3. The number of methoxy groups -OCH3 is 1. The Morgan fingerprint density at radius 1 is 0.917 bits per heavy atom. The van der Waals surface area contributed by atoms with Crippen LogP contribution in [0.3, 0.4) is 0 Å². The predicted molar refractivity (Wildman–Crippen MR) is 138 cm³/mol.